The number of carbonyl (C=O) groups excluding carboxylic acids is 1. The lowest BCUT2D eigenvalue weighted by Gasteiger charge is -2.16. The zero-order valence-electron chi connectivity index (χ0n) is 6.77. The molecule has 1 fully saturated rings. The summed E-state index contributed by atoms with van der Waals surface area (Å²) in [4.78, 5) is 11.1. The van der Waals surface area contributed by atoms with Crippen molar-refractivity contribution in [3.63, 3.8) is 0 Å². The Balaban J connectivity index is 2.39. The van der Waals surface area contributed by atoms with Crippen molar-refractivity contribution in [3.05, 3.63) is 12.1 Å². The standard InChI is InChI=1S/C7H9N3O3/c11-5-1-2-6(12)10(5)9-4-3-8-7(9)13/h1-2,11-12H,3-4H2,(H,8,13). The van der Waals surface area contributed by atoms with Crippen molar-refractivity contribution < 1.29 is 15.0 Å². The molecule has 2 heterocycles. The molecule has 1 aliphatic heterocycles. The molecule has 13 heavy (non-hydrogen) atoms. The van der Waals surface area contributed by atoms with Crippen LogP contribution < -0.4 is 10.3 Å². The number of aromatic nitrogens is 1. The van der Waals surface area contributed by atoms with Crippen molar-refractivity contribution in [1.29, 1.82) is 0 Å². The van der Waals surface area contributed by atoms with Gasteiger partial charge >= 0.3 is 6.03 Å². The Morgan fingerprint density at radius 1 is 1.31 bits per heavy atom. The topological polar surface area (TPSA) is 77.7 Å². The number of aromatic hydroxyl groups is 2. The van der Waals surface area contributed by atoms with Crippen molar-refractivity contribution in [3.8, 4) is 11.8 Å². The average Bonchev–Trinajstić information content (AvgIpc) is 2.60. The van der Waals surface area contributed by atoms with Gasteiger partial charge in [-0.15, -0.1) is 0 Å². The van der Waals surface area contributed by atoms with E-state index in [0.717, 1.165) is 4.68 Å². The van der Waals surface area contributed by atoms with Gasteiger partial charge in [0.2, 0.25) is 11.8 Å². The lowest BCUT2D eigenvalue weighted by molar-refractivity contribution is 0.244. The molecule has 0 spiro atoms. The van der Waals surface area contributed by atoms with E-state index in [9.17, 15) is 15.0 Å². The minimum Gasteiger partial charge on any atom is -0.493 e. The number of urea groups is 1. The van der Waals surface area contributed by atoms with E-state index >= 15 is 0 Å². The Morgan fingerprint density at radius 2 is 1.92 bits per heavy atom. The van der Waals surface area contributed by atoms with E-state index in [4.69, 9.17) is 0 Å². The molecule has 0 saturated carbocycles. The lowest BCUT2D eigenvalue weighted by Crippen LogP contribution is -2.36. The first-order valence-electron chi connectivity index (χ1n) is 3.85. The highest BCUT2D eigenvalue weighted by Gasteiger charge is 2.24. The third kappa shape index (κ3) is 1.07. The summed E-state index contributed by atoms with van der Waals surface area (Å²) in [6.45, 7) is 0.935. The summed E-state index contributed by atoms with van der Waals surface area (Å²) >= 11 is 0. The molecule has 3 N–H and O–H groups in total. The van der Waals surface area contributed by atoms with Gasteiger partial charge in [0, 0.05) is 18.7 Å². The SMILES string of the molecule is O=C1NCCN1n1c(O)ccc1O. The molecular formula is C7H9N3O3. The smallest absolute Gasteiger partial charge is 0.336 e. The first kappa shape index (κ1) is 7.78. The number of hydrogen-bond donors (Lipinski definition) is 3. The van der Waals surface area contributed by atoms with Crippen molar-refractivity contribution in [1.82, 2.24) is 9.99 Å². The summed E-state index contributed by atoms with van der Waals surface area (Å²) in [5, 5.41) is 22.4. The quantitative estimate of drug-likeness (QED) is 0.552. The van der Waals surface area contributed by atoms with Gasteiger partial charge in [0.25, 0.3) is 0 Å². The van der Waals surface area contributed by atoms with Gasteiger partial charge in [0.15, 0.2) is 0 Å². The van der Waals surface area contributed by atoms with E-state index in [-0.39, 0.29) is 17.8 Å². The molecule has 6 heteroatoms. The normalized spacial score (nSPS) is 16.3. The summed E-state index contributed by atoms with van der Waals surface area (Å²) in [5.74, 6) is -0.316. The van der Waals surface area contributed by atoms with Gasteiger partial charge in [-0.25, -0.2) is 9.80 Å². The molecule has 2 amide bonds. The lowest BCUT2D eigenvalue weighted by atomic mass is 10.6. The van der Waals surface area contributed by atoms with Gasteiger partial charge in [0.05, 0.1) is 6.54 Å². The van der Waals surface area contributed by atoms with Crippen LogP contribution in [0.3, 0.4) is 0 Å². The zero-order chi connectivity index (χ0) is 9.42. The molecule has 70 valence electrons. The summed E-state index contributed by atoms with van der Waals surface area (Å²) in [7, 11) is 0. The molecule has 1 aliphatic rings. The molecular weight excluding hydrogens is 174 g/mol. The number of hydrogen-bond acceptors (Lipinski definition) is 3. The van der Waals surface area contributed by atoms with Crippen molar-refractivity contribution in [2.24, 2.45) is 0 Å². The maximum absolute atomic E-state index is 11.1. The fourth-order valence-corrected chi connectivity index (χ4v) is 1.31. The highest BCUT2D eigenvalue weighted by atomic mass is 16.3. The number of nitrogens with zero attached hydrogens (tertiary/aromatic N) is 2. The van der Waals surface area contributed by atoms with Gasteiger partial charge < -0.3 is 15.5 Å². The summed E-state index contributed by atoms with van der Waals surface area (Å²) in [6.07, 6.45) is 0. The maximum atomic E-state index is 11.1. The van der Waals surface area contributed by atoms with Crippen LogP contribution in [0.4, 0.5) is 4.79 Å². The summed E-state index contributed by atoms with van der Waals surface area (Å²) in [5.41, 5.74) is 0. The van der Waals surface area contributed by atoms with Crippen LogP contribution in [0.2, 0.25) is 0 Å². The monoisotopic (exact) mass is 183 g/mol. The Morgan fingerprint density at radius 3 is 2.38 bits per heavy atom. The molecule has 0 aromatic carbocycles. The first-order valence-corrected chi connectivity index (χ1v) is 3.85. The highest BCUT2D eigenvalue weighted by Crippen LogP contribution is 2.21. The van der Waals surface area contributed by atoms with Gasteiger partial charge in [-0.05, 0) is 0 Å². The minimum atomic E-state index is -0.332. The van der Waals surface area contributed by atoms with Crippen LogP contribution in [-0.4, -0.2) is 34.0 Å². The van der Waals surface area contributed by atoms with E-state index in [0.29, 0.717) is 13.1 Å². The van der Waals surface area contributed by atoms with Gasteiger partial charge in [0.1, 0.15) is 0 Å². The predicted octanol–water partition coefficient (Wildman–Crippen LogP) is -0.440. The predicted molar refractivity (Wildman–Crippen MR) is 44.2 cm³/mol. The Bertz CT molecular complexity index is 327. The number of amides is 2. The molecule has 1 saturated heterocycles. The second-order valence-electron chi connectivity index (χ2n) is 2.72. The largest absolute Gasteiger partial charge is 0.493 e. The third-order valence-corrected chi connectivity index (χ3v) is 1.89. The molecule has 2 rings (SSSR count). The van der Waals surface area contributed by atoms with Crippen LogP contribution in [0.15, 0.2) is 12.1 Å². The zero-order valence-corrected chi connectivity index (χ0v) is 6.77. The van der Waals surface area contributed by atoms with E-state index in [1.807, 2.05) is 0 Å². The van der Waals surface area contributed by atoms with Crippen LogP contribution in [-0.2, 0) is 0 Å². The molecule has 1 aromatic heterocycles. The van der Waals surface area contributed by atoms with E-state index < -0.39 is 0 Å². The number of nitrogens with one attached hydrogen (secondary N) is 1. The van der Waals surface area contributed by atoms with E-state index in [1.165, 1.54) is 17.1 Å². The second kappa shape index (κ2) is 2.58. The number of rotatable bonds is 1. The van der Waals surface area contributed by atoms with Crippen molar-refractivity contribution in [2.75, 3.05) is 18.1 Å². The van der Waals surface area contributed by atoms with Gasteiger partial charge in [-0.1, -0.05) is 0 Å². The van der Waals surface area contributed by atoms with Gasteiger partial charge in [-0.3, -0.25) is 0 Å². The first-order chi connectivity index (χ1) is 6.20. The second-order valence-corrected chi connectivity index (χ2v) is 2.72. The molecule has 0 aliphatic carbocycles. The molecule has 6 nitrogen and oxygen atoms in total. The Hall–Kier alpha value is -1.85. The van der Waals surface area contributed by atoms with Crippen molar-refractivity contribution in [2.45, 2.75) is 0 Å². The van der Waals surface area contributed by atoms with Gasteiger partial charge in [-0.2, -0.15) is 4.68 Å². The van der Waals surface area contributed by atoms with Crippen LogP contribution in [0.25, 0.3) is 0 Å². The average molecular weight is 183 g/mol. The van der Waals surface area contributed by atoms with E-state index in [2.05, 4.69) is 5.32 Å². The third-order valence-electron chi connectivity index (χ3n) is 1.89. The fourth-order valence-electron chi connectivity index (χ4n) is 1.31. The van der Waals surface area contributed by atoms with E-state index in [1.54, 1.807) is 0 Å². The maximum Gasteiger partial charge on any atom is 0.336 e. The molecule has 0 atom stereocenters. The fraction of sp³-hybridized carbons (Fsp3) is 0.286. The Labute approximate surface area is 74.0 Å². The molecule has 0 bridgehead atoms. The molecule has 0 unspecified atom stereocenters. The van der Waals surface area contributed by atoms with Crippen LogP contribution in [0.1, 0.15) is 0 Å². The molecule has 0 radical (unpaired) electrons. The molecule has 1 aromatic rings. The summed E-state index contributed by atoms with van der Waals surface area (Å²) in [6, 6.07) is 2.31. The highest BCUT2D eigenvalue weighted by molar-refractivity contribution is 5.86. The van der Waals surface area contributed by atoms with Crippen molar-refractivity contribution >= 4 is 6.03 Å². The number of carbonyl (C=O) groups is 1. The Kier molecular flexibility index (Phi) is 1.54. The summed E-state index contributed by atoms with van der Waals surface area (Å²) < 4.78 is 1.06. The van der Waals surface area contributed by atoms with Crippen LogP contribution in [0.5, 0.6) is 11.8 Å². The van der Waals surface area contributed by atoms with Crippen LogP contribution in [0, 0.1) is 0 Å². The minimum absolute atomic E-state index is 0.158. The van der Waals surface area contributed by atoms with Crippen LogP contribution >= 0.6 is 0 Å².